The van der Waals surface area contributed by atoms with Crippen molar-refractivity contribution in [2.75, 3.05) is 33.9 Å². The first-order valence-electron chi connectivity index (χ1n) is 6.32. The van der Waals surface area contributed by atoms with Crippen LogP contribution in [0.25, 0.3) is 0 Å². The van der Waals surface area contributed by atoms with Gasteiger partial charge in [0.15, 0.2) is 0 Å². The molecule has 1 aromatic carbocycles. The van der Waals surface area contributed by atoms with Gasteiger partial charge in [0.05, 0.1) is 18.8 Å². The minimum Gasteiger partial charge on any atom is -0.389 e. The number of aliphatic hydroxyl groups excluding tert-OH is 2. The van der Waals surface area contributed by atoms with Crippen molar-refractivity contribution in [2.45, 2.75) is 18.6 Å². The molecular formula is C14H22ClNO3. The summed E-state index contributed by atoms with van der Waals surface area (Å²) in [5.41, 5.74) is 0.745. The normalized spacial score (nSPS) is 14.6. The smallest absolute Gasteiger partial charge is 0.0899 e. The Bertz CT molecular complexity index is 375. The lowest BCUT2D eigenvalue weighted by Gasteiger charge is -2.22. The third kappa shape index (κ3) is 5.89. The lowest BCUT2D eigenvalue weighted by atomic mass is 10.1. The van der Waals surface area contributed by atoms with Gasteiger partial charge in [0.1, 0.15) is 0 Å². The van der Waals surface area contributed by atoms with E-state index in [2.05, 4.69) is 0 Å². The lowest BCUT2D eigenvalue weighted by molar-refractivity contribution is 0.0398. The van der Waals surface area contributed by atoms with Crippen LogP contribution in [0, 0.1) is 0 Å². The van der Waals surface area contributed by atoms with E-state index in [1.807, 2.05) is 30.1 Å². The summed E-state index contributed by atoms with van der Waals surface area (Å²) in [6.07, 6.45) is -0.525. The zero-order chi connectivity index (χ0) is 14.3. The van der Waals surface area contributed by atoms with E-state index in [0.29, 0.717) is 31.1 Å². The van der Waals surface area contributed by atoms with Gasteiger partial charge >= 0.3 is 0 Å². The summed E-state index contributed by atoms with van der Waals surface area (Å²) in [6.45, 7) is 1.51. The van der Waals surface area contributed by atoms with E-state index in [1.165, 1.54) is 0 Å². The summed E-state index contributed by atoms with van der Waals surface area (Å²) >= 11 is 6.03. The molecule has 2 N–H and O–H groups in total. The fraction of sp³-hybridized carbons (Fsp3) is 0.571. The molecular weight excluding hydrogens is 266 g/mol. The van der Waals surface area contributed by atoms with E-state index >= 15 is 0 Å². The number of benzene rings is 1. The van der Waals surface area contributed by atoms with Crippen LogP contribution in [-0.2, 0) is 4.74 Å². The third-order valence-corrected chi connectivity index (χ3v) is 3.27. The number of aliphatic hydroxyl groups is 2. The largest absolute Gasteiger partial charge is 0.389 e. The average Bonchev–Trinajstić information content (AvgIpc) is 2.36. The Labute approximate surface area is 119 Å². The van der Waals surface area contributed by atoms with Gasteiger partial charge in [0, 0.05) is 25.2 Å². The van der Waals surface area contributed by atoms with Crippen molar-refractivity contribution < 1.29 is 14.9 Å². The second kappa shape index (κ2) is 8.51. The van der Waals surface area contributed by atoms with Gasteiger partial charge in [-0.05, 0) is 25.1 Å². The number of rotatable bonds is 8. The predicted molar refractivity (Wildman–Crippen MR) is 76.4 cm³/mol. The van der Waals surface area contributed by atoms with Gasteiger partial charge in [-0.15, -0.1) is 0 Å². The fourth-order valence-electron chi connectivity index (χ4n) is 1.94. The van der Waals surface area contributed by atoms with Gasteiger partial charge in [-0.25, -0.2) is 0 Å². The van der Waals surface area contributed by atoms with E-state index < -0.39 is 12.2 Å². The van der Waals surface area contributed by atoms with Crippen molar-refractivity contribution in [1.29, 1.82) is 0 Å². The molecule has 1 rings (SSSR count). The van der Waals surface area contributed by atoms with Gasteiger partial charge < -0.3 is 19.8 Å². The molecule has 0 aliphatic rings. The molecule has 0 aromatic heterocycles. The van der Waals surface area contributed by atoms with E-state index in [0.717, 1.165) is 5.56 Å². The second-order valence-electron chi connectivity index (χ2n) is 4.70. The molecule has 0 aliphatic carbocycles. The lowest BCUT2D eigenvalue weighted by Crippen LogP contribution is -2.33. The Kier molecular flexibility index (Phi) is 7.34. The highest BCUT2D eigenvalue weighted by atomic mass is 35.5. The molecule has 0 saturated heterocycles. The minimum atomic E-state index is -0.587. The number of nitrogens with zero attached hydrogens (tertiary/aromatic N) is 1. The Morgan fingerprint density at radius 1 is 1.32 bits per heavy atom. The molecule has 0 amide bonds. The molecule has 0 radical (unpaired) electrons. The highest BCUT2D eigenvalue weighted by molar-refractivity contribution is 6.31. The quantitative estimate of drug-likeness (QED) is 0.764. The van der Waals surface area contributed by atoms with Crippen LogP contribution in [0.1, 0.15) is 18.1 Å². The Morgan fingerprint density at radius 3 is 2.63 bits per heavy atom. The number of hydrogen-bond acceptors (Lipinski definition) is 4. The zero-order valence-electron chi connectivity index (χ0n) is 11.4. The molecule has 0 fully saturated rings. The van der Waals surface area contributed by atoms with Crippen LogP contribution in [0.5, 0.6) is 0 Å². The number of likely N-dealkylation sites (N-methyl/N-ethyl adjacent to an activating group) is 1. The summed E-state index contributed by atoms with van der Waals surface area (Å²) in [6, 6.07) is 7.29. The maximum atomic E-state index is 10.1. The highest BCUT2D eigenvalue weighted by Crippen LogP contribution is 2.24. The maximum absolute atomic E-state index is 10.1. The number of hydrogen-bond donors (Lipinski definition) is 2. The molecule has 5 heteroatoms. The van der Waals surface area contributed by atoms with Gasteiger partial charge in [0.2, 0.25) is 0 Å². The first-order valence-corrected chi connectivity index (χ1v) is 6.70. The monoisotopic (exact) mass is 287 g/mol. The van der Waals surface area contributed by atoms with E-state index in [9.17, 15) is 10.2 Å². The van der Waals surface area contributed by atoms with Crippen LogP contribution in [0.2, 0.25) is 5.02 Å². The molecule has 0 aliphatic heterocycles. The number of methoxy groups -OCH3 is 1. The van der Waals surface area contributed by atoms with Gasteiger partial charge in [-0.2, -0.15) is 0 Å². The standard InChI is InChI=1S/C14H22ClNO3/c1-16(9-11(17)10-19-2)8-7-14(18)12-5-3-4-6-13(12)15/h3-6,11,14,17-18H,7-10H2,1-2H3. The van der Waals surface area contributed by atoms with Gasteiger partial charge in [-0.1, -0.05) is 29.8 Å². The highest BCUT2D eigenvalue weighted by Gasteiger charge is 2.13. The Balaban J connectivity index is 2.38. The van der Waals surface area contributed by atoms with Crippen LogP contribution in [-0.4, -0.2) is 55.1 Å². The molecule has 108 valence electrons. The SMILES string of the molecule is COCC(O)CN(C)CCC(O)c1ccccc1Cl. The third-order valence-electron chi connectivity index (χ3n) is 2.93. The molecule has 1 aromatic rings. The van der Waals surface area contributed by atoms with Crippen molar-refractivity contribution >= 4 is 11.6 Å². The minimum absolute atomic E-state index is 0.317. The van der Waals surface area contributed by atoms with Crippen LogP contribution in [0.3, 0.4) is 0 Å². The van der Waals surface area contributed by atoms with Crippen molar-refractivity contribution in [3.63, 3.8) is 0 Å². The van der Waals surface area contributed by atoms with Crippen LogP contribution in [0.15, 0.2) is 24.3 Å². The summed E-state index contributed by atoms with van der Waals surface area (Å²) < 4.78 is 4.87. The van der Waals surface area contributed by atoms with Crippen LogP contribution >= 0.6 is 11.6 Å². The van der Waals surface area contributed by atoms with Crippen molar-refractivity contribution in [3.05, 3.63) is 34.9 Å². The van der Waals surface area contributed by atoms with Crippen molar-refractivity contribution in [2.24, 2.45) is 0 Å². The average molecular weight is 288 g/mol. The van der Waals surface area contributed by atoms with E-state index in [-0.39, 0.29) is 0 Å². The maximum Gasteiger partial charge on any atom is 0.0899 e. The van der Waals surface area contributed by atoms with Gasteiger partial charge in [0.25, 0.3) is 0 Å². The molecule has 4 nitrogen and oxygen atoms in total. The molecule has 2 unspecified atom stereocenters. The predicted octanol–water partition coefficient (Wildman–Crippen LogP) is 1.70. The Morgan fingerprint density at radius 2 is 2.00 bits per heavy atom. The molecule has 19 heavy (non-hydrogen) atoms. The first-order chi connectivity index (χ1) is 9.04. The van der Waals surface area contributed by atoms with Crippen LogP contribution in [0.4, 0.5) is 0 Å². The molecule has 0 saturated carbocycles. The fourth-order valence-corrected chi connectivity index (χ4v) is 2.20. The van der Waals surface area contributed by atoms with E-state index in [1.54, 1.807) is 13.2 Å². The summed E-state index contributed by atoms with van der Waals surface area (Å²) in [5, 5.41) is 20.3. The topological polar surface area (TPSA) is 52.9 Å². The second-order valence-corrected chi connectivity index (χ2v) is 5.10. The molecule has 2 atom stereocenters. The van der Waals surface area contributed by atoms with Crippen molar-refractivity contribution in [1.82, 2.24) is 4.90 Å². The molecule has 0 spiro atoms. The number of ether oxygens (including phenoxy) is 1. The zero-order valence-corrected chi connectivity index (χ0v) is 12.2. The van der Waals surface area contributed by atoms with E-state index in [4.69, 9.17) is 16.3 Å². The molecule has 0 heterocycles. The summed E-state index contributed by atoms with van der Waals surface area (Å²) in [7, 11) is 3.46. The summed E-state index contributed by atoms with van der Waals surface area (Å²) in [5.74, 6) is 0. The van der Waals surface area contributed by atoms with Crippen LogP contribution < -0.4 is 0 Å². The van der Waals surface area contributed by atoms with Gasteiger partial charge in [-0.3, -0.25) is 0 Å². The summed E-state index contributed by atoms with van der Waals surface area (Å²) in [4.78, 5) is 1.96. The Hall–Kier alpha value is -0.650. The first kappa shape index (κ1) is 16.4. The molecule has 0 bridgehead atoms. The van der Waals surface area contributed by atoms with Crippen molar-refractivity contribution in [3.8, 4) is 0 Å². The number of halogens is 1.